The second kappa shape index (κ2) is 7.83. The molecule has 1 N–H and O–H groups in total. The van der Waals surface area contributed by atoms with Crippen molar-refractivity contribution < 1.29 is 0 Å². The van der Waals surface area contributed by atoms with Crippen LogP contribution >= 0.6 is 23.2 Å². The average molecular weight is 386 g/mol. The molecule has 1 unspecified atom stereocenters. The highest BCUT2D eigenvalue weighted by Gasteiger charge is 2.20. The summed E-state index contributed by atoms with van der Waals surface area (Å²) in [7, 11) is 0. The minimum atomic E-state index is 0.439. The summed E-state index contributed by atoms with van der Waals surface area (Å²) < 4.78 is 0. The van der Waals surface area contributed by atoms with Crippen molar-refractivity contribution in [2.24, 2.45) is 0 Å². The largest absolute Gasteiger partial charge is 0.381 e. The normalized spacial score (nSPS) is 18.2. The van der Waals surface area contributed by atoms with Gasteiger partial charge in [0.25, 0.3) is 0 Å². The van der Waals surface area contributed by atoms with Gasteiger partial charge in [-0.25, -0.2) is 0 Å². The van der Waals surface area contributed by atoms with Crippen molar-refractivity contribution in [1.82, 2.24) is 9.88 Å². The zero-order valence-electron chi connectivity index (χ0n) is 14.5. The molecule has 1 atom stereocenters. The number of halogens is 2. The van der Waals surface area contributed by atoms with Crippen molar-refractivity contribution in [2.45, 2.75) is 25.4 Å². The molecule has 1 fully saturated rings. The van der Waals surface area contributed by atoms with Gasteiger partial charge in [-0.2, -0.15) is 0 Å². The topological polar surface area (TPSA) is 28.2 Å². The molecule has 0 aliphatic carbocycles. The Kier molecular flexibility index (Phi) is 5.30. The number of fused-ring (bicyclic) bond motifs is 1. The van der Waals surface area contributed by atoms with Crippen LogP contribution < -0.4 is 5.32 Å². The Labute approximate surface area is 163 Å². The van der Waals surface area contributed by atoms with Crippen LogP contribution in [0.15, 0.2) is 54.9 Å². The quantitative estimate of drug-likeness (QED) is 0.631. The number of pyridine rings is 1. The SMILES string of the molecule is Clc1ccc(CN2CCCC(Nc3ccc4cnccc4c3)C2)c(Cl)c1. The third kappa shape index (κ3) is 4.12. The Balaban J connectivity index is 1.42. The van der Waals surface area contributed by atoms with Crippen LogP contribution in [0.4, 0.5) is 5.69 Å². The van der Waals surface area contributed by atoms with Crippen molar-refractivity contribution >= 4 is 39.7 Å². The van der Waals surface area contributed by atoms with Crippen LogP contribution in [-0.4, -0.2) is 29.0 Å². The molecule has 1 aliphatic heterocycles. The first-order valence-corrected chi connectivity index (χ1v) is 9.69. The molecule has 1 aliphatic rings. The number of hydrogen-bond donors (Lipinski definition) is 1. The molecular weight excluding hydrogens is 365 g/mol. The molecule has 134 valence electrons. The number of benzene rings is 2. The number of rotatable bonds is 4. The zero-order valence-corrected chi connectivity index (χ0v) is 16.0. The lowest BCUT2D eigenvalue weighted by Crippen LogP contribution is -2.41. The molecule has 2 heterocycles. The number of hydrogen-bond acceptors (Lipinski definition) is 3. The van der Waals surface area contributed by atoms with Gasteiger partial charge in [-0.1, -0.05) is 35.3 Å². The van der Waals surface area contributed by atoms with E-state index in [4.69, 9.17) is 23.2 Å². The Hall–Kier alpha value is -1.81. The first-order valence-electron chi connectivity index (χ1n) is 8.94. The smallest absolute Gasteiger partial charge is 0.0465 e. The summed E-state index contributed by atoms with van der Waals surface area (Å²) in [6.45, 7) is 2.96. The lowest BCUT2D eigenvalue weighted by Gasteiger charge is -2.34. The van der Waals surface area contributed by atoms with Crippen molar-refractivity contribution in [3.05, 3.63) is 70.5 Å². The Morgan fingerprint density at radius 1 is 1.08 bits per heavy atom. The van der Waals surface area contributed by atoms with E-state index in [1.165, 1.54) is 29.3 Å². The van der Waals surface area contributed by atoms with E-state index in [1.54, 1.807) is 0 Å². The van der Waals surface area contributed by atoms with Crippen LogP contribution in [0.3, 0.4) is 0 Å². The number of aromatic nitrogens is 1. The van der Waals surface area contributed by atoms with Crippen molar-refractivity contribution in [3.8, 4) is 0 Å². The number of nitrogens with zero attached hydrogens (tertiary/aromatic N) is 2. The first kappa shape index (κ1) is 17.6. The summed E-state index contributed by atoms with van der Waals surface area (Å²) in [6.07, 6.45) is 6.10. The van der Waals surface area contributed by atoms with Gasteiger partial charge in [-0.15, -0.1) is 0 Å². The summed E-state index contributed by atoms with van der Waals surface area (Å²) in [6, 6.07) is 14.7. The second-order valence-electron chi connectivity index (χ2n) is 6.89. The van der Waals surface area contributed by atoms with Gasteiger partial charge >= 0.3 is 0 Å². The molecule has 3 nitrogen and oxygen atoms in total. The van der Waals surface area contributed by atoms with Crippen molar-refractivity contribution in [2.75, 3.05) is 18.4 Å². The average Bonchev–Trinajstić information content (AvgIpc) is 2.64. The maximum atomic E-state index is 6.34. The third-order valence-corrected chi connectivity index (χ3v) is 5.51. The molecule has 0 saturated carbocycles. The molecule has 1 aromatic heterocycles. The summed E-state index contributed by atoms with van der Waals surface area (Å²) in [5.41, 5.74) is 2.30. The van der Waals surface area contributed by atoms with E-state index in [1.807, 2.05) is 30.6 Å². The van der Waals surface area contributed by atoms with E-state index in [0.717, 1.165) is 30.2 Å². The molecule has 5 heteroatoms. The zero-order chi connectivity index (χ0) is 17.9. The van der Waals surface area contributed by atoms with Crippen molar-refractivity contribution in [3.63, 3.8) is 0 Å². The highest BCUT2D eigenvalue weighted by Crippen LogP contribution is 2.25. The van der Waals surface area contributed by atoms with Crippen LogP contribution in [-0.2, 0) is 6.54 Å². The fraction of sp³-hybridized carbons (Fsp3) is 0.286. The Morgan fingerprint density at radius 2 is 2.00 bits per heavy atom. The summed E-state index contributed by atoms with van der Waals surface area (Å²) in [5.74, 6) is 0. The minimum Gasteiger partial charge on any atom is -0.381 e. The van der Waals surface area contributed by atoms with Gasteiger partial charge in [0.05, 0.1) is 0 Å². The van der Waals surface area contributed by atoms with Gasteiger partial charge in [0.15, 0.2) is 0 Å². The van der Waals surface area contributed by atoms with Gasteiger partial charge in [0.2, 0.25) is 0 Å². The van der Waals surface area contributed by atoms with Crippen LogP contribution in [0.2, 0.25) is 10.0 Å². The van der Waals surface area contributed by atoms with Crippen LogP contribution in [0, 0.1) is 0 Å². The fourth-order valence-corrected chi connectivity index (χ4v) is 4.08. The van der Waals surface area contributed by atoms with Gasteiger partial charge in [0, 0.05) is 52.6 Å². The van der Waals surface area contributed by atoms with Gasteiger partial charge in [-0.3, -0.25) is 9.88 Å². The highest BCUT2D eigenvalue weighted by molar-refractivity contribution is 6.35. The first-order chi connectivity index (χ1) is 12.7. The molecule has 4 rings (SSSR count). The molecular formula is C21H21Cl2N3. The van der Waals surface area contributed by atoms with E-state index in [0.29, 0.717) is 11.1 Å². The lowest BCUT2D eigenvalue weighted by molar-refractivity contribution is 0.208. The van der Waals surface area contributed by atoms with Crippen LogP contribution in [0.1, 0.15) is 18.4 Å². The number of anilines is 1. The number of nitrogens with one attached hydrogen (secondary N) is 1. The van der Waals surface area contributed by atoms with Gasteiger partial charge in [-0.05, 0) is 60.7 Å². The van der Waals surface area contributed by atoms with E-state index in [-0.39, 0.29) is 0 Å². The minimum absolute atomic E-state index is 0.439. The maximum Gasteiger partial charge on any atom is 0.0465 e. The number of piperidine rings is 1. The van der Waals surface area contributed by atoms with Crippen molar-refractivity contribution in [1.29, 1.82) is 0 Å². The van der Waals surface area contributed by atoms with Gasteiger partial charge in [0.1, 0.15) is 0 Å². The molecule has 3 aromatic rings. The molecule has 0 spiro atoms. The second-order valence-corrected chi connectivity index (χ2v) is 7.74. The molecule has 1 saturated heterocycles. The summed E-state index contributed by atoms with van der Waals surface area (Å²) >= 11 is 12.3. The Bertz CT molecular complexity index is 913. The van der Waals surface area contributed by atoms with Crippen LogP contribution in [0.25, 0.3) is 10.8 Å². The highest BCUT2D eigenvalue weighted by atomic mass is 35.5. The predicted molar refractivity (Wildman–Crippen MR) is 110 cm³/mol. The van der Waals surface area contributed by atoms with E-state index < -0.39 is 0 Å². The summed E-state index contributed by atoms with van der Waals surface area (Å²) in [5, 5.41) is 7.51. The molecule has 26 heavy (non-hydrogen) atoms. The lowest BCUT2D eigenvalue weighted by atomic mass is 10.0. The van der Waals surface area contributed by atoms with Crippen LogP contribution in [0.5, 0.6) is 0 Å². The standard InChI is InChI=1S/C21H21Cl2N3/c22-18-5-3-17(21(23)11-18)13-26-9-1-2-20(14-26)25-19-6-4-16-12-24-8-7-15(16)10-19/h3-8,10-12,20,25H,1-2,9,13-14H2. The molecule has 0 radical (unpaired) electrons. The van der Waals surface area contributed by atoms with E-state index >= 15 is 0 Å². The molecule has 0 amide bonds. The predicted octanol–water partition coefficient (Wildman–Crippen LogP) is 5.62. The van der Waals surface area contributed by atoms with E-state index in [9.17, 15) is 0 Å². The molecule has 2 aromatic carbocycles. The maximum absolute atomic E-state index is 6.34. The van der Waals surface area contributed by atoms with E-state index in [2.05, 4.69) is 39.5 Å². The Morgan fingerprint density at radius 3 is 2.88 bits per heavy atom. The van der Waals surface area contributed by atoms with Gasteiger partial charge < -0.3 is 5.32 Å². The molecule has 0 bridgehead atoms. The summed E-state index contributed by atoms with van der Waals surface area (Å²) in [4.78, 5) is 6.63. The monoisotopic (exact) mass is 385 g/mol. The third-order valence-electron chi connectivity index (χ3n) is 4.93. The number of likely N-dealkylation sites (tertiary alicyclic amines) is 1. The fourth-order valence-electron chi connectivity index (χ4n) is 3.62.